The van der Waals surface area contributed by atoms with Crippen LogP contribution in [0, 0.1) is 0 Å². The van der Waals surface area contributed by atoms with Crippen LogP contribution in [0.25, 0.3) is 0 Å². The van der Waals surface area contributed by atoms with Crippen LogP contribution >= 0.6 is 0 Å². The second kappa shape index (κ2) is 6.58. The zero-order valence-electron chi connectivity index (χ0n) is 12.6. The normalized spacial score (nSPS) is 21.9. The largest absolute Gasteiger partial charge is 0.468 e. The van der Waals surface area contributed by atoms with E-state index in [9.17, 15) is 9.59 Å². The smallest absolute Gasteiger partial charge is 0.323 e. The summed E-state index contributed by atoms with van der Waals surface area (Å²) in [4.78, 5) is 25.9. The molecular weight excluding hydrogens is 270 g/mol. The topological polar surface area (TPSA) is 70.7 Å². The molecule has 0 aromatic heterocycles. The number of hydrogen-bond donors (Lipinski definition) is 2. The van der Waals surface area contributed by atoms with Crippen molar-refractivity contribution in [3.8, 4) is 0 Å². The minimum atomic E-state index is -0.292. The number of nitrogens with one attached hydrogen (secondary N) is 2. The maximum absolute atomic E-state index is 12.3. The predicted octanol–water partition coefficient (Wildman–Crippen LogP) is 0.704. The molecule has 21 heavy (non-hydrogen) atoms. The van der Waals surface area contributed by atoms with Gasteiger partial charge >= 0.3 is 5.97 Å². The Hall–Kier alpha value is -2.08. The van der Waals surface area contributed by atoms with Crippen LogP contribution in [0.5, 0.6) is 0 Å². The van der Waals surface area contributed by atoms with E-state index in [1.54, 1.807) is 13.1 Å². The fourth-order valence-corrected chi connectivity index (χ4v) is 2.68. The van der Waals surface area contributed by atoms with Gasteiger partial charge in [0.2, 0.25) is 0 Å². The van der Waals surface area contributed by atoms with Crippen LogP contribution in [0.1, 0.15) is 16.8 Å². The number of benzene rings is 1. The van der Waals surface area contributed by atoms with E-state index >= 15 is 0 Å². The van der Waals surface area contributed by atoms with Gasteiger partial charge in [0.15, 0.2) is 0 Å². The van der Waals surface area contributed by atoms with E-state index in [0.717, 1.165) is 5.69 Å². The third kappa shape index (κ3) is 3.33. The molecule has 2 N–H and O–H groups in total. The summed E-state index contributed by atoms with van der Waals surface area (Å²) >= 11 is 0. The van der Waals surface area contributed by atoms with Crippen LogP contribution in [-0.4, -0.2) is 56.6 Å². The van der Waals surface area contributed by atoms with E-state index in [4.69, 9.17) is 4.74 Å². The monoisotopic (exact) mass is 291 g/mol. The van der Waals surface area contributed by atoms with Gasteiger partial charge in [0, 0.05) is 25.3 Å². The zero-order chi connectivity index (χ0) is 15.4. The first kappa shape index (κ1) is 15.3. The molecule has 1 aromatic carbocycles. The van der Waals surface area contributed by atoms with Gasteiger partial charge in [-0.2, -0.15) is 0 Å². The molecule has 0 spiro atoms. The minimum absolute atomic E-state index is 0.0588. The van der Waals surface area contributed by atoms with Crippen LogP contribution in [-0.2, 0) is 9.53 Å². The van der Waals surface area contributed by atoms with Crippen molar-refractivity contribution in [3.05, 3.63) is 29.8 Å². The average Bonchev–Trinajstić information content (AvgIpc) is 2.86. The van der Waals surface area contributed by atoms with Crippen molar-refractivity contribution in [2.45, 2.75) is 18.5 Å². The SMILES string of the molecule is CNc1ccccc1C(=O)N[C@@H]1C[C@@H](C(=O)OC)N(C)C1. The highest BCUT2D eigenvalue weighted by Gasteiger charge is 2.36. The molecule has 1 aliphatic rings. The van der Waals surface area contributed by atoms with Gasteiger partial charge in [0.25, 0.3) is 5.91 Å². The Morgan fingerprint density at radius 1 is 1.33 bits per heavy atom. The van der Waals surface area contributed by atoms with Crippen molar-refractivity contribution in [2.24, 2.45) is 0 Å². The lowest BCUT2D eigenvalue weighted by Gasteiger charge is -2.15. The molecule has 2 atom stereocenters. The van der Waals surface area contributed by atoms with Crippen molar-refractivity contribution >= 4 is 17.6 Å². The molecule has 6 heteroatoms. The first-order valence-corrected chi connectivity index (χ1v) is 6.92. The summed E-state index contributed by atoms with van der Waals surface area (Å²) in [5, 5.41) is 5.98. The molecule has 0 unspecified atom stereocenters. The Morgan fingerprint density at radius 2 is 2.05 bits per heavy atom. The van der Waals surface area contributed by atoms with Crippen LogP contribution in [0.2, 0.25) is 0 Å². The van der Waals surface area contributed by atoms with E-state index in [-0.39, 0.29) is 24.0 Å². The summed E-state index contributed by atoms with van der Waals surface area (Å²) < 4.78 is 4.78. The molecule has 1 saturated heterocycles. The third-order valence-electron chi connectivity index (χ3n) is 3.80. The number of ether oxygens (including phenoxy) is 1. The van der Waals surface area contributed by atoms with E-state index in [2.05, 4.69) is 10.6 Å². The summed E-state index contributed by atoms with van der Waals surface area (Å²) in [6.07, 6.45) is 0.566. The number of methoxy groups -OCH3 is 1. The molecule has 1 aromatic rings. The van der Waals surface area contributed by atoms with Gasteiger partial charge in [-0.15, -0.1) is 0 Å². The van der Waals surface area contributed by atoms with E-state index in [1.165, 1.54) is 7.11 Å². The van der Waals surface area contributed by atoms with Crippen molar-refractivity contribution in [1.29, 1.82) is 0 Å². The fourth-order valence-electron chi connectivity index (χ4n) is 2.68. The Morgan fingerprint density at radius 3 is 2.71 bits per heavy atom. The summed E-state index contributed by atoms with van der Waals surface area (Å²) in [5.41, 5.74) is 1.38. The molecule has 1 amide bonds. The highest BCUT2D eigenvalue weighted by atomic mass is 16.5. The number of esters is 1. The first-order chi connectivity index (χ1) is 10.1. The molecule has 1 aliphatic heterocycles. The van der Waals surface area contributed by atoms with Crippen molar-refractivity contribution in [1.82, 2.24) is 10.2 Å². The lowest BCUT2D eigenvalue weighted by Crippen LogP contribution is -2.36. The van der Waals surface area contributed by atoms with E-state index < -0.39 is 0 Å². The van der Waals surface area contributed by atoms with Gasteiger partial charge in [-0.05, 0) is 25.6 Å². The van der Waals surface area contributed by atoms with E-state index in [0.29, 0.717) is 18.5 Å². The molecule has 114 valence electrons. The second-order valence-corrected chi connectivity index (χ2v) is 5.18. The minimum Gasteiger partial charge on any atom is -0.468 e. The van der Waals surface area contributed by atoms with Gasteiger partial charge in [-0.25, -0.2) is 0 Å². The van der Waals surface area contributed by atoms with Gasteiger partial charge in [0.1, 0.15) is 6.04 Å². The number of carbonyl (C=O) groups is 2. The van der Waals surface area contributed by atoms with Gasteiger partial charge in [0.05, 0.1) is 12.7 Å². The highest BCUT2D eigenvalue weighted by Crippen LogP contribution is 2.19. The number of hydrogen-bond acceptors (Lipinski definition) is 5. The number of likely N-dealkylation sites (tertiary alicyclic amines) is 1. The Labute approximate surface area is 124 Å². The summed E-state index contributed by atoms with van der Waals surface area (Å²) in [7, 11) is 5.02. The molecule has 0 radical (unpaired) electrons. The Balaban J connectivity index is 2.02. The van der Waals surface area contributed by atoms with Gasteiger partial charge in [-0.3, -0.25) is 14.5 Å². The summed E-state index contributed by atoms with van der Waals surface area (Å²) in [5.74, 6) is -0.395. The second-order valence-electron chi connectivity index (χ2n) is 5.18. The van der Waals surface area contributed by atoms with Crippen molar-refractivity contribution < 1.29 is 14.3 Å². The Kier molecular flexibility index (Phi) is 4.80. The quantitative estimate of drug-likeness (QED) is 0.799. The summed E-state index contributed by atoms with van der Waals surface area (Å²) in [6.45, 7) is 0.632. The lowest BCUT2D eigenvalue weighted by molar-refractivity contribution is -0.145. The number of amides is 1. The number of carbonyl (C=O) groups excluding carboxylic acids is 2. The van der Waals surface area contributed by atoms with E-state index in [1.807, 2.05) is 30.1 Å². The standard InChI is InChI=1S/C15H21N3O3/c1-16-12-7-5-4-6-11(12)14(19)17-10-8-13(15(20)21-3)18(2)9-10/h4-7,10,13,16H,8-9H2,1-3H3,(H,17,19)/t10-,13+/m1/s1. The highest BCUT2D eigenvalue weighted by molar-refractivity contribution is 5.99. The molecule has 2 rings (SSSR count). The molecule has 0 bridgehead atoms. The van der Waals surface area contributed by atoms with Crippen molar-refractivity contribution in [3.63, 3.8) is 0 Å². The number of anilines is 1. The maximum atomic E-state index is 12.3. The van der Waals surface area contributed by atoms with Gasteiger partial charge in [-0.1, -0.05) is 12.1 Å². The van der Waals surface area contributed by atoms with Crippen LogP contribution in [0.15, 0.2) is 24.3 Å². The molecule has 1 fully saturated rings. The van der Waals surface area contributed by atoms with Crippen LogP contribution < -0.4 is 10.6 Å². The Bertz CT molecular complexity index is 533. The van der Waals surface area contributed by atoms with Crippen molar-refractivity contribution in [2.75, 3.05) is 33.1 Å². The van der Waals surface area contributed by atoms with Crippen LogP contribution in [0.4, 0.5) is 5.69 Å². The molecular formula is C15H21N3O3. The number of nitrogens with zero attached hydrogens (tertiary/aromatic N) is 1. The average molecular weight is 291 g/mol. The van der Waals surface area contributed by atoms with Crippen LogP contribution in [0.3, 0.4) is 0 Å². The van der Waals surface area contributed by atoms with Gasteiger partial charge < -0.3 is 15.4 Å². The molecule has 0 saturated carbocycles. The maximum Gasteiger partial charge on any atom is 0.323 e. The molecule has 0 aliphatic carbocycles. The molecule has 1 heterocycles. The zero-order valence-corrected chi connectivity index (χ0v) is 12.6. The predicted molar refractivity (Wildman–Crippen MR) is 80.3 cm³/mol. The fraction of sp³-hybridized carbons (Fsp3) is 0.467. The first-order valence-electron chi connectivity index (χ1n) is 6.92. The lowest BCUT2D eigenvalue weighted by atomic mass is 10.1. The number of para-hydroxylation sites is 1. The third-order valence-corrected chi connectivity index (χ3v) is 3.80. The number of rotatable bonds is 4. The number of likely N-dealkylation sites (N-methyl/N-ethyl adjacent to an activating group) is 1. The molecule has 6 nitrogen and oxygen atoms in total. The summed E-state index contributed by atoms with van der Waals surface area (Å²) in [6, 6.07) is 6.98.